The molecule has 1 aromatic carbocycles. The number of carbonyl (C=O) groups is 1. The highest BCUT2D eigenvalue weighted by Gasteiger charge is 2.44. The van der Waals surface area contributed by atoms with Gasteiger partial charge in [0.15, 0.2) is 0 Å². The highest BCUT2D eigenvalue weighted by Crippen LogP contribution is 2.39. The highest BCUT2D eigenvalue weighted by atomic mass is 19.4. The van der Waals surface area contributed by atoms with Crippen molar-refractivity contribution in [2.24, 2.45) is 5.92 Å². The van der Waals surface area contributed by atoms with Gasteiger partial charge in [-0.15, -0.1) is 5.10 Å². The zero-order valence-corrected chi connectivity index (χ0v) is 15.2. The van der Waals surface area contributed by atoms with Crippen molar-refractivity contribution in [3.8, 4) is 0 Å². The number of amides is 1. The van der Waals surface area contributed by atoms with Crippen molar-refractivity contribution in [3.63, 3.8) is 0 Å². The molecule has 1 aliphatic rings. The third kappa shape index (κ3) is 3.61. The van der Waals surface area contributed by atoms with Gasteiger partial charge in [-0.25, -0.2) is 9.07 Å². The lowest BCUT2D eigenvalue weighted by Gasteiger charge is -2.33. The van der Waals surface area contributed by atoms with Gasteiger partial charge in [-0.3, -0.25) is 9.78 Å². The van der Waals surface area contributed by atoms with Crippen molar-refractivity contribution in [1.82, 2.24) is 19.7 Å². The van der Waals surface area contributed by atoms with E-state index in [1.54, 1.807) is 12.1 Å². The minimum Gasteiger partial charge on any atom is -0.328 e. The second-order valence-corrected chi connectivity index (χ2v) is 6.56. The first-order chi connectivity index (χ1) is 14.2. The molecule has 1 amide bonds. The van der Waals surface area contributed by atoms with Crippen LogP contribution >= 0.6 is 0 Å². The van der Waals surface area contributed by atoms with Gasteiger partial charge < -0.3 is 10.6 Å². The number of nitrogens with zero attached hydrogens (tertiary/aromatic N) is 4. The number of anilines is 2. The monoisotopic (exact) mass is 418 g/mol. The van der Waals surface area contributed by atoms with Gasteiger partial charge in [-0.1, -0.05) is 12.6 Å². The Morgan fingerprint density at radius 3 is 2.57 bits per heavy atom. The molecular weight excluding hydrogens is 404 g/mol. The van der Waals surface area contributed by atoms with Gasteiger partial charge in [-0.2, -0.15) is 18.2 Å². The van der Waals surface area contributed by atoms with Crippen LogP contribution in [-0.2, 0) is 11.0 Å². The molecule has 154 valence electrons. The van der Waals surface area contributed by atoms with Crippen LogP contribution in [0.25, 0.3) is 0 Å². The smallest absolute Gasteiger partial charge is 0.328 e. The Balaban J connectivity index is 1.76. The SMILES string of the molecule is C=C1Nc2nc(C(F)(F)F)nn2[C@H](c2cccnc2)[C@H]1C(=O)Nc1ccc(F)cc1. The first-order valence-electron chi connectivity index (χ1n) is 8.70. The Morgan fingerprint density at radius 1 is 1.20 bits per heavy atom. The Labute approximate surface area is 167 Å². The van der Waals surface area contributed by atoms with E-state index in [-0.39, 0.29) is 11.6 Å². The summed E-state index contributed by atoms with van der Waals surface area (Å²) in [5, 5.41) is 8.84. The van der Waals surface area contributed by atoms with E-state index in [2.05, 4.69) is 32.3 Å². The van der Waals surface area contributed by atoms with Crippen LogP contribution in [-0.4, -0.2) is 25.7 Å². The third-order valence-corrected chi connectivity index (χ3v) is 4.53. The first-order valence-corrected chi connectivity index (χ1v) is 8.70. The molecular formula is C19H14F4N6O. The van der Waals surface area contributed by atoms with Crippen LogP contribution in [0.1, 0.15) is 17.4 Å². The lowest BCUT2D eigenvalue weighted by molar-refractivity contribution is -0.145. The lowest BCUT2D eigenvalue weighted by atomic mass is 9.89. The van der Waals surface area contributed by atoms with Crippen molar-refractivity contribution < 1.29 is 22.4 Å². The van der Waals surface area contributed by atoms with Gasteiger partial charge in [0.25, 0.3) is 5.82 Å². The fourth-order valence-corrected chi connectivity index (χ4v) is 3.22. The number of hydrogen-bond donors (Lipinski definition) is 2. The Kier molecular flexibility index (Phi) is 4.72. The van der Waals surface area contributed by atoms with Crippen LogP contribution in [0.3, 0.4) is 0 Å². The average molecular weight is 418 g/mol. The maximum Gasteiger partial charge on any atom is 0.453 e. The van der Waals surface area contributed by atoms with Gasteiger partial charge >= 0.3 is 6.18 Å². The number of fused-ring (bicyclic) bond motifs is 1. The minimum absolute atomic E-state index is 0.136. The molecule has 3 heterocycles. The number of nitrogens with one attached hydrogen (secondary N) is 2. The van der Waals surface area contributed by atoms with Gasteiger partial charge in [0.05, 0.1) is 6.04 Å². The molecule has 3 aromatic rings. The summed E-state index contributed by atoms with van der Waals surface area (Å²) in [7, 11) is 0. The summed E-state index contributed by atoms with van der Waals surface area (Å²) in [4.78, 5) is 20.5. The number of aromatic nitrogens is 4. The second kappa shape index (κ2) is 7.25. The highest BCUT2D eigenvalue weighted by molar-refractivity contribution is 5.95. The molecule has 0 unspecified atom stereocenters. The van der Waals surface area contributed by atoms with Crippen molar-refractivity contribution in [2.45, 2.75) is 12.2 Å². The van der Waals surface area contributed by atoms with E-state index < -0.39 is 35.7 Å². The molecule has 0 saturated carbocycles. The Bertz CT molecular complexity index is 1090. The zero-order chi connectivity index (χ0) is 21.5. The summed E-state index contributed by atoms with van der Waals surface area (Å²) in [5.74, 6) is -3.62. The molecule has 2 atom stereocenters. The molecule has 0 aliphatic carbocycles. The minimum atomic E-state index is -4.77. The van der Waals surface area contributed by atoms with Crippen LogP contribution in [0.15, 0.2) is 61.1 Å². The van der Waals surface area contributed by atoms with E-state index in [1.807, 2.05) is 0 Å². The molecule has 0 fully saturated rings. The summed E-state index contributed by atoms with van der Waals surface area (Å²) in [6, 6.07) is 7.32. The van der Waals surface area contributed by atoms with Crippen LogP contribution < -0.4 is 10.6 Å². The Hall–Kier alpha value is -3.76. The fraction of sp³-hybridized carbons (Fsp3) is 0.158. The molecule has 4 rings (SSSR count). The summed E-state index contributed by atoms with van der Waals surface area (Å²) in [6.45, 7) is 3.80. The van der Waals surface area contributed by atoms with Crippen molar-refractivity contribution in [1.29, 1.82) is 0 Å². The molecule has 30 heavy (non-hydrogen) atoms. The lowest BCUT2D eigenvalue weighted by Crippen LogP contribution is -2.39. The molecule has 7 nitrogen and oxygen atoms in total. The predicted octanol–water partition coefficient (Wildman–Crippen LogP) is 3.61. The average Bonchev–Trinajstić information content (AvgIpc) is 3.13. The zero-order valence-electron chi connectivity index (χ0n) is 15.2. The van der Waals surface area contributed by atoms with Gasteiger partial charge in [-0.05, 0) is 35.9 Å². The molecule has 0 saturated heterocycles. The third-order valence-electron chi connectivity index (χ3n) is 4.53. The van der Waals surface area contributed by atoms with E-state index in [0.29, 0.717) is 11.3 Å². The molecule has 0 bridgehead atoms. The quantitative estimate of drug-likeness (QED) is 0.635. The van der Waals surface area contributed by atoms with Gasteiger partial charge in [0, 0.05) is 23.8 Å². The number of benzene rings is 1. The summed E-state index contributed by atoms with van der Waals surface area (Å²) in [5.41, 5.74) is 0.899. The maximum atomic E-state index is 13.2. The normalized spacial score (nSPS) is 18.5. The molecule has 0 radical (unpaired) electrons. The standard InChI is InChI=1S/C19H14F4N6O/c1-10-14(16(30)26-13-6-4-12(20)5-7-13)15(11-3-2-8-24-9-11)29-18(25-10)27-17(28-29)19(21,22)23/h2-9,14-15H,1H2,(H,26,30)(H,25,27,28)/t14-,15+/m0/s1. The Morgan fingerprint density at radius 2 is 1.93 bits per heavy atom. The molecule has 11 heteroatoms. The van der Waals surface area contributed by atoms with Crippen LogP contribution in [0.2, 0.25) is 0 Å². The van der Waals surface area contributed by atoms with Crippen molar-refractivity contribution in [3.05, 3.63) is 78.3 Å². The number of alkyl halides is 3. The van der Waals surface area contributed by atoms with Gasteiger partial charge in [0.2, 0.25) is 11.9 Å². The van der Waals surface area contributed by atoms with Crippen LogP contribution in [0, 0.1) is 11.7 Å². The second-order valence-electron chi connectivity index (χ2n) is 6.56. The number of carbonyl (C=O) groups excluding carboxylic acids is 1. The molecule has 0 spiro atoms. The molecule has 2 N–H and O–H groups in total. The van der Waals surface area contributed by atoms with E-state index >= 15 is 0 Å². The van der Waals surface area contributed by atoms with E-state index in [1.165, 1.54) is 36.7 Å². The maximum absolute atomic E-state index is 13.2. The van der Waals surface area contributed by atoms with Crippen LogP contribution in [0.5, 0.6) is 0 Å². The van der Waals surface area contributed by atoms with Crippen LogP contribution in [0.4, 0.5) is 29.2 Å². The number of hydrogen-bond acceptors (Lipinski definition) is 5. The predicted molar refractivity (Wildman–Crippen MR) is 98.7 cm³/mol. The summed E-state index contributed by atoms with van der Waals surface area (Å²) in [6.07, 6.45) is -1.84. The van der Waals surface area contributed by atoms with Gasteiger partial charge in [0.1, 0.15) is 11.7 Å². The number of pyridine rings is 1. The topological polar surface area (TPSA) is 84.7 Å². The summed E-state index contributed by atoms with van der Waals surface area (Å²) >= 11 is 0. The van der Waals surface area contributed by atoms with Crippen molar-refractivity contribution >= 4 is 17.5 Å². The molecule has 1 aliphatic heterocycles. The number of halogens is 4. The fourth-order valence-electron chi connectivity index (χ4n) is 3.22. The summed E-state index contributed by atoms with van der Waals surface area (Å²) < 4.78 is 53.6. The first kappa shape index (κ1) is 19.6. The molecule has 2 aromatic heterocycles. The van der Waals surface area contributed by atoms with E-state index in [4.69, 9.17) is 0 Å². The van der Waals surface area contributed by atoms with E-state index in [9.17, 15) is 22.4 Å². The van der Waals surface area contributed by atoms with E-state index in [0.717, 1.165) is 4.68 Å². The number of rotatable bonds is 3. The van der Waals surface area contributed by atoms with Crippen molar-refractivity contribution in [2.75, 3.05) is 10.6 Å². The largest absolute Gasteiger partial charge is 0.453 e.